The van der Waals surface area contributed by atoms with Crippen molar-refractivity contribution in [3.05, 3.63) is 29.8 Å². The van der Waals surface area contributed by atoms with Crippen molar-refractivity contribution < 1.29 is 14.6 Å². The summed E-state index contributed by atoms with van der Waals surface area (Å²) in [4.78, 5) is 11.7. The molecule has 1 saturated carbocycles. The van der Waals surface area contributed by atoms with Crippen LogP contribution in [-0.4, -0.2) is 23.7 Å². The number of benzene rings is 1. The van der Waals surface area contributed by atoms with Crippen LogP contribution >= 0.6 is 0 Å². The molecule has 1 aromatic rings. The van der Waals surface area contributed by atoms with Crippen LogP contribution in [-0.2, 0) is 4.79 Å². The quantitative estimate of drug-likeness (QED) is 0.787. The Morgan fingerprint density at radius 2 is 1.95 bits per heavy atom. The van der Waals surface area contributed by atoms with E-state index in [1.54, 1.807) is 0 Å². The van der Waals surface area contributed by atoms with Crippen molar-refractivity contribution in [1.82, 2.24) is 5.32 Å². The Hall–Kier alpha value is -1.55. The van der Waals surface area contributed by atoms with Gasteiger partial charge >= 0.3 is 5.97 Å². The fraction of sp³-hybridized carbons (Fsp3) is 0.588. The summed E-state index contributed by atoms with van der Waals surface area (Å²) in [5, 5.41) is 12.9. The Labute approximate surface area is 126 Å². The van der Waals surface area contributed by atoms with Crippen molar-refractivity contribution in [2.24, 2.45) is 0 Å². The third-order valence-electron chi connectivity index (χ3n) is 4.03. The topological polar surface area (TPSA) is 58.6 Å². The zero-order valence-electron chi connectivity index (χ0n) is 12.7. The molecule has 0 radical (unpaired) electrons. The van der Waals surface area contributed by atoms with Crippen LogP contribution in [0.15, 0.2) is 24.3 Å². The summed E-state index contributed by atoms with van der Waals surface area (Å²) in [5.41, 5.74) is 0.719. The second-order valence-electron chi connectivity index (χ2n) is 5.60. The van der Waals surface area contributed by atoms with E-state index in [2.05, 4.69) is 5.32 Å². The van der Waals surface area contributed by atoms with Gasteiger partial charge in [-0.3, -0.25) is 10.1 Å². The zero-order valence-corrected chi connectivity index (χ0v) is 12.7. The molecular formula is C17H25NO3. The standard InChI is InChI=1S/C17H25NO3/c1-2-21-15-12-8-7-11-14(15)16(17(19)20)18-13-9-5-3-4-6-10-13/h7-8,11-13,16,18H,2-6,9-10H2,1H3,(H,19,20). The van der Waals surface area contributed by atoms with Gasteiger partial charge in [-0.15, -0.1) is 0 Å². The van der Waals surface area contributed by atoms with Gasteiger partial charge in [0.05, 0.1) is 6.61 Å². The Morgan fingerprint density at radius 3 is 2.57 bits per heavy atom. The molecule has 1 atom stereocenters. The van der Waals surface area contributed by atoms with Crippen molar-refractivity contribution in [3.63, 3.8) is 0 Å². The highest BCUT2D eigenvalue weighted by Gasteiger charge is 2.26. The monoisotopic (exact) mass is 291 g/mol. The van der Waals surface area contributed by atoms with Crippen LogP contribution in [0, 0.1) is 0 Å². The minimum absolute atomic E-state index is 0.281. The van der Waals surface area contributed by atoms with Gasteiger partial charge in [-0.25, -0.2) is 0 Å². The highest BCUT2D eigenvalue weighted by molar-refractivity contribution is 5.76. The molecule has 1 aliphatic carbocycles. The highest BCUT2D eigenvalue weighted by Crippen LogP contribution is 2.27. The minimum atomic E-state index is -0.841. The lowest BCUT2D eigenvalue weighted by Crippen LogP contribution is -2.37. The summed E-state index contributed by atoms with van der Waals surface area (Å²) in [5.74, 6) is -0.181. The minimum Gasteiger partial charge on any atom is -0.494 e. The van der Waals surface area contributed by atoms with Gasteiger partial charge in [0.25, 0.3) is 0 Å². The molecule has 0 bridgehead atoms. The number of nitrogens with one attached hydrogen (secondary N) is 1. The molecule has 1 aliphatic rings. The number of hydrogen-bond donors (Lipinski definition) is 2. The average Bonchev–Trinajstić information content (AvgIpc) is 2.74. The van der Waals surface area contributed by atoms with Crippen molar-refractivity contribution in [2.75, 3.05) is 6.61 Å². The fourth-order valence-corrected chi connectivity index (χ4v) is 2.98. The maximum absolute atomic E-state index is 11.7. The van der Waals surface area contributed by atoms with Gasteiger partial charge < -0.3 is 9.84 Å². The van der Waals surface area contributed by atoms with E-state index < -0.39 is 12.0 Å². The highest BCUT2D eigenvalue weighted by atomic mass is 16.5. The van der Waals surface area contributed by atoms with Gasteiger partial charge in [-0.1, -0.05) is 43.9 Å². The van der Waals surface area contributed by atoms with Crippen LogP contribution in [0.5, 0.6) is 5.75 Å². The molecule has 0 saturated heterocycles. The number of ether oxygens (including phenoxy) is 1. The van der Waals surface area contributed by atoms with Crippen LogP contribution in [0.4, 0.5) is 0 Å². The molecule has 2 rings (SSSR count). The molecule has 0 aromatic heterocycles. The Balaban J connectivity index is 2.16. The van der Waals surface area contributed by atoms with E-state index in [9.17, 15) is 9.90 Å². The normalized spacial score (nSPS) is 18.0. The molecule has 21 heavy (non-hydrogen) atoms. The van der Waals surface area contributed by atoms with E-state index in [-0.39, 0.29) is 6.04 Å². The maximum atomic E-state index is 11.7. The second-order valence-corrected chi connectivity index (χ2v) is 5.60. The number of para-hydroxylation sites is 1. The Bertz CT molecular complexity index is 453. The first-order chi connectivity index (χ1) is 10.2. The largest absolute Gasteiger partial charge is 0.494 e. The fourth-order valence-electron chi connectivity index (χ4n) is 2.98. The van der Waals surface area contributed by atoms with E-state index in [0.29, 0.717) is 12.4 Å². The van der Waals surface area contributed by atoms with Crippen molar-refractivity contribution in [1.29, 1.82) is 0 Å². The molecule has 1 aromatic carbocycles. The average molecular weight is 291 g/mol. The lowest BCUT2D eigenvalue weighted by molar-refractivity contribution is -0.140. The zero-order chi connectivity index (χ0) is 15.1. The SMILES string of the molecule is CCOc1ccccc1C(NC1CCCCCC1)C(=O)O. The number of hydrogen-bond acceptors (Lipinski definition) is 3. The number of rotatable bonds is 6. The number of aliphatic carboxylic acids is 1. The molecular weight excluding hydrogens is 266 g/mol. The predicted molar refractivity (Wildman–Crippen MR) is 82.6 cm³/mol. The number of carbonyl (C=O) groups is 1. The first kappa shape index (κ1) is 15.8. The first-order valence-electron chi connectivity index (χ1n) is 7.93. The van der Waals surface area contributed by atoms with E-state index in [1.807, 2.05) is 31.2 Å². The lowest BCUT2D eigenvalue weighted by Gasteiger charge is -2.24. The van der Waals surface area contributed by atoms with E-state index in [0.717, 1.165) is 18.4 Å². The molecule has 4 heteroatoms. The molecule has 0 spiro atoms. The third-order valence-corrected chi connectivity index (χ3v) is 4.03. The summed E-state index contributed by atoms with van der Waals surface area (Å²) >= 11 is 0. The third kappa shape index (κ3) is 4.46. The van der Waals surface area contributed by atoms with Crippen molar-refractivity contribution in [2.45, 2.75) is 57.5 Å². The molecule has 1 unspecified atom stereocenters. The van der Waals surface area contributed by atoms with Crippen LogP contribution in [0.25, 0.3) is 0 Å². The number of carboxylic acids is 1. The van der Waals surface area contributed by atoms with Crippen LogP contribution in [0.3, 0.4) is 0 Å². The van der Waals surface area contributed by atoms with Gasteiger partial charge in [0.1, 0.15) is 11.8 Å². The van der Waals surface area contributed by atoms with Gasteiger partial charge in [-0.05, 0) is 25.8 Å². The van der Waals surface area contributed by atoms with Crippen LogP contribution in [0.2, 0.25) is 0 Å². The van der Waals surface area contributed by atoms with Gasteiger partial charge in [0, 0.05) is 11.6 Å². The summed E-state index contributed by atoms with van der Waals surface area (Å²) in [6.07, 6.45) is 6.98. The van der Waals surface area contributed by atoms with E-state index in [4.69, 9.17) is 4.74 Å². The number of carboxylic acid groups (broad SMARTS) is 1. The molecule has 0 amide bonds. The van der Waals surface area contributed by atoms with E-state index in [1.165, 1.54) is 25.7 Å². The molecule has 4 nitrogen and oxygen atoms in total. The van der Waals surface area contributed by atoms with Crippen molar-refractivity contribution >= 4 is 5.97 Å². The van der Waals surface area contributed by atoms with Gasteiger partial charge in [-0.2, -0.15) is 0 Å². The Morgan fingerprint density at radius 1 is 1.29 bits per heavy atom. The van der Waals surface area contributed by atoms with Gasteiger partial charge in [0.2, 0.25) is 0 Å². The lowest BCUT2D eigenvalue weighted by atomic mass is 10.0. The molecule has 2 N–H and O–H groups in total. The molecule has 116 valence electrons. The van der Waals surface area contributed by atoms with Crippen LogP contribution in [0.1, 0.15) is 57.1 Å². The molecule has 0 aliphatic heterocycles. The summed E-state index contributed by atoms with van der Waals surface area (Å²) in [7, 11) is 0. The van der Waals surface area contributed by atoms with Gasteiger partial charge in [0.15, 0.2) is 0 Å². The molecule has 1 fully saturated rings. The summed E-state index contributed by atoms with van der Waals surface area (Å²) in [6.45, 7) is 2.44. The smallest absolute Gasteiger partial charge is 0.325 e. The second kappa shape index (κ2) is 8.03. The maximum Gasteiger partial charge on any atom is 0.325 e. The van der Waals surface area contributed by atoms with Crippen LogP contribution < -0.4 is 10.1 Å². The summed E-state index contributed by atoms with van der Waals surface area (Å²) in [6, 6.07) is 7.00. The Kier molecular flexibility index (Phi) is 6.05. The predicted octanol–water partition coefficient (Wildman–Crippen LogP) is 3.52. The van der Waals surface area contributed by atoms with Crippen molar-refractivity contribution in [3.8, 4) is 5.75 Å². The first-order valence-corrected chi connectivity index (χ1v) is 7.93. The molecule has 0 heterocycles. The van der Waals surface area contributed by atoms with E-state index >= 15 is 0 Å². The summed E-state index contributed by atoms with van der Waals surface area (Å²) < 4.78 is 5.58.